The first-order valence-electron chi connectivity index (χ1n) is 8.99. The topological polar surface area (TPSA) is 109 Å². The molecule has 1 N–H and O–H groups in total. The Kier molecular flexibility index (Phi) is 6.00. The van der Waals surface area contributed by atoms with Gasteiger partial charge in [0.15, 0.2) is 12.3 Å². The molecule has 3 rings (SSSR count). The Balaban J connectivity index is 1.84. The van der Waals surface area contributed by atoms with Gasteiger partial charge in [0.25, 0.3) is 11.5 Å². The number of hydrogen-bond donors (Lipinski definition) is 1. The van der Waals surface area contributed by atoms with Crippen molar-refractivity contribution in [3.05, 3.63) is 70.1 Å². The minimum absolute atomic E-state index is 0.0245. The summed E-state index contributed by atoms with van der Waals surface area (Å²) in [6, 6.07) is 15.8. The van der Waals surface area contributed by atoms with Crippen molar-refractivity contribution < 1.29 is 9.53 Å². The lowest BCUT2D eigenvalue weighted by Gasteiger charge is -2.09. The second-order valence-electron chi connectivity index (χ2n) is 6.12. The molecular weight excluding hydrogens is 370 g/mol. The van der Waals surface area contributed by atoms with Crippen LogP contribution in [-0.4, -0.2) is 28.0 Å². The zero-order valence-corrected chi connectivity index (χ0v) is 16.0. The summed E-state index contributed by atoms with van der Waals surface area (Å²) in [4.78, 5) is 25.1. The molecule has 2 aromatic carbocycles. The number of nitriles is 1. The molecule has 0 saturated heterocycles. The minimum atomic E-state index is -0.503. The summed E-state index contributed by atoms with van der Waals surface area (Å²) in [7, 11) is 0. The number of fused-ring (bicyclic) bond motifs is 1. The number of ether oxygens (including phenoxy) is 1. The second kappa shape index (κ2) is 8.80. The van der Waals surface area contributed by atoms with Gasteiger partial charge in [-0.15, -0.1) is 0 Å². The molecule has 0 saturated carbocycles. The highest BCUT2D eigenvalue weighted by Gasteiger charge is 2.16. The van der Waals surface area contributed by atoms with E-state index >= 15 is 0 Å². The number of benzene rings is 2. The number of carbonyl (C=O) groups is 1. The van der Waals surface area contributed by atoms with E-state index < -0.39 is 5.91 Å². The molecule has 3 aromatic rings. The fourth-order valence-electron chi connectivity index (χ4n) is 2.78. The molecule has 8 nitrogen and oxygen atoms in total. The fourth-order valence-corrected chi connectivity index (χ4v) is 2.78. The molecule has 0 aliphatic heterocycles. The van der Waals surface area contributed by atoms with Crippen LogP contribution in [0.15, 0.2) is 58.4 Å². The predicted molar refractivity (Wildman–Crippen MR) is 109 cm³/mol. The highest BCUT2D eigenvalue weighted by Crippen LogP contribution is 2.14. The summed E-state index contributed by atoms with van der Waals surface area (Å²) in [6.45, 7) is 3.87. The Labute approximate surface area is 167 Å². The van der Waals surface area contributed by atoms with Crippen molar-refractivity contribution in [2.75, 3.05) is 6.61 Å². The van der Waals surface area contributed by atoms with Gasteiger partial charge in [-0.1, -0.05) is 18.2 Å². The van der Waals surface area contributed by atoms with Crippen molar-refractivity contribution in [1.29, 1.82) is 5.26 Å². The van der Waals surface area contributed by atoms with Crippen LogP contribution in [0.1, 0.15) is 29.9 Å². The maximum atomic E-state index is 12.7. The molecule has 0 radical (unpaired) electrons. The second-order valence-corrected chi connectivity index (χ2v) is 6.12. The summed E-state index contributed by atoms with van der Waals surface area (Å²) >= 11 is 0. The van der Waals surface area contributed by atoms with Crippen LogP contribution in [-0.2, 0) is 6.54 Å². The van der Waals surface area contributed by atoms with Gasteiger partial charge in [0.2, 0.25) is 0 Å². The zero-order chi connectivity index (χ0) is 20.8. The molecule has 0 aliphatic carbocycles. The number of carbonyl (C=O) groups excluding carboxylic acids is 1. The average Bonchev–Trinajstić information content (AvgIpc) is 2.76. The summed E-state index contributed by atoms with van der Waals surface area (Å²) in [6.07, 6.45) is 0. The quantitative estimate of drug-likeness (QED) is 0.514. The molecule has 0 spiro atoms. The first-order chi connectivity index (χ1) is 14.0. The summed E-state index contributed by atoms with van der Waals surface area (Å²) in [5, 5.41) is 17.8. The van der Waals surface area contributed by atoms with E-state index in [-0.39, 0.29) is 17.9 Å². The molecule has 0 unspecified atom stereocenters. The lowest BCUT2D eigenvalue weighted by Crippen LogP contribution is -2.28. The van der Waals surface area contributed by atoms with Crippen molar-refractivity contribution >= 4 is 22.4 Å². The molecule has 1 aromatic heterocycles. The molecule has 146 valence electrons. The predicted octanol–water partition coefficient (Wildman–Crippen LogP) is 2.47. The van der Waals surface area contributed by atoms with Crippen LogP contribution < -0.4 is 15.7 Å². The van der Waals surface area contributed by atoms with E-state index in [0.29, 0.717) is 28.8 Å². The number of aryl methyl sites for hydroxylation is 1. The van der Waals surface area contributed by atoms with Crippen LogP contribution in [0.3, 0.4) is 0 Å². The summed E-state index contributed by atoms with van der Waals surface area (Å²) in [5.74, 6) is 0.0707. The van der Waals surface area contributed by atoms with Crippen LogP contribution >= 0.6 is 0 Å². The monoisotopic (exact) mass is 389 g/mol. The molecule has 0 fully saturated rings. The Morgan fingerprint density at radius 3 is 2.55 bits per heavy atom. The highest BCUT2D eigenvalue weighted by molar-refractivity contribution is 6.06. The van der Waals surface area contributed by atoms with Gasteiger partial charge in [-0.25, -0.2) is 10.1 Å². The molecule has 0 bridgehead atoms. The highest BCUT2D eigenvalue weighted by atomic mass is 16.5. The average molecular weight is 389 g/mol. The van der Waals surface area contributed by atoms with Crippen molar-refractivity contribution in [1.82, 2.24) is 15.2 Å². The van der Waals surface area contributed by atoms with Crippen LogP contribution in [0, 0.1) is 11.3 Å². The Morgan fingerprint density at radius 2 is 1.90 bits per heavy atom. The van der Waals surface area contributed by atoms with Crippen LogP contribution in [0.5, 0.6) is 5.75 Å². The van der Waals surface area contributed by atoms with Crippen molar-refractivity contribution in [2.45, 2.75) is 20.4 Å². The van der Waals surface area contributed by atoms with E-state index in [0.717, 1.165) is 5.56 Å². The van der Waals surface area contributed by atoms with Gasteiger partial charge >= 0.3 is 0 Å². The number of nitrogens with one attached hydrogen (secondary N) is 1. The number of nitrogens with zero attached hydrogens (tertiary/aromatic N) is 4. The molecule has 29 heavy (non-hydrogen) atoms. The maximum Gasteiger partial charge on any atom is 0.292 e. The Bertz CT molecular complexity index is 1170. The van der Waals surface area contributed by atoms with Crippen LogP contribution in [0.25, 0.3) is 10.8 Å². The van der Waals surface area contributed by atoms with Gasteiger partial charge in [-0.05, 0) is 49.7 Å². The largest absolute Gasteiger partial charge is 0.479 e. The normalized spacial score (nSPS) is 11.1. The molecule has 0 aliphatic rings. The van der Waals surface area contributed by atoms with Gasteiger partial charge in [0, 0.05) is 11.9 Å². The Hall–Kier alpha value is -3.99. The smallest absolute Gasteiger partial charge is 0.292 e. The number of hydrogen-bond acceptors (Lipinski definition) is 6. The van der Waals surface area contributed by atoms with Gasteiger partial charge in [-0.2, -0.15) is 15.5 Å². The third-order valence-electron chi connectivity index (χ3n) is 4.28. The molecular formula is C21H19N5O3. The third kappa shape index (κ3) is 4.30. The Morgan fingerprint density at radius 1 is 1.21 bits per heavy atom. The third-order valence-corrected chi connectivity index (χ3v) is 4.28. The lowest BCUT2D eigenvalue weighted by atomic mass is 10.1. The van der Waals surface area contributed by atoms with E-state index in [4.69, 9.17) is 10.00 Å². The molecule has 0 atom stereocenters. The summed E-state index contributed by atoms with van der Waals surface area (Å²) in [5.41, 5.74) is 3.77. The number of rotatable bonds is 6. The number of amides is 1. The van der Waals surface area contributed by atoms with Gasteiger partial charge < -0.3 is 4.74 Å². The molecule has 1 amide bonds. The van der Waals surface area contributed by atoms with Crippen molar-refractivity contribution in [3.8, 4) is 11.8 Å². The fraction of sp³-hybridized carbons (Fsp3) is 0.190. The summed E-state index contributed by atoms with van der Waals surface area (Å²) < 4.78 is 6.47. The first kappa shape index (κ1) is 19.8. The zero-order valence-electron chi connectivity index (χ0n) is 16.0. The minimum Gasteiger partial charge on any atom is -0.479 e. The van der Waals surface area contributed by atoms with E-state index in [1.807, 2.05) is 6.07 Å². The molecule has 1 heterocycles. The van der Waals surface area contributed by atoms with Crippen LogP contribution in [0.4, 0.5) is 0 Å². The lowest BCUT2D eigenvalue weighted by molar-refractivity contribution is 0.0949. The van der Waals surface area contributed by atoms with E-state index in [9.17, 15) is 9.59 Å². The molecule has 8 heteroatoms. The number of hydrazone groups is 1. The van der Waals surface area contributed by atoms with E-state index in [1.54, 1.807) is 62.4 Å². The van der Waals surface area contributed by atoms with Gasteiger partial charge in [0.05, 0.1) is 11.1 Å². The standard InChI is InChI=1S/C21H19N5O3/c1-3-26-21(28)18-7-5-4-6-17(18)19(25-26)20(27)24-23-14(2)15-8-10-16(11-9-15)29-13-12-22/h4-11H,3,13H2,1-2H3,(H,24,27)/b23-14-. The first-order valence-corrected chi connectivity index (χ1v) is 8.99. The van der Waals surface area contributed by atoms with Crippen molar-refractivity contribution in [2.24, 2.45) is 5.10 Å². The van der Waals surface area contributed by atoms with Crippen LogP contribution in [0.2, 0.25) is 0 Å². The number of aromatic nitrogens is 2. The SMILES string of the molecule is CCn1nc(C(=O)N/N=C(/C)c2ccc(OCC#N)cc2)c2ccccc2c1=O. The van der Waals surface area contributed by atoms with Gasteiger partial charge in [0.1, 0.15) is 11.8 Å². The van der Waals surface area contributed by atoms with Crippen molar-refractivity contribution in [3.63, 3.8) is 0 Å². The van der Waals surface area contributed by atoms with E-state index in [1.165, 1.54) is 4.68 Å². The van der Waals surface area contributed by atoms with E-state index in [2.05, 4.69) is 15.6 Å². The van der Waals surface area contributed by atoms with Gasteiger partial charge in [-0.3, -0.25) is 9.59 Å². The maximum absolute atomic E-state index is 12.7.